The van der Waals surface area contributed by atoms with Crippen LogP contribution in [0.5, 0.6) is 17.2 Å². The van der Waals surface area contributed by atoms with Gasteiger partial charge in [-0.05, 0) is 42.2 Å². The van der Waals surface area contributed by atoms with E-state index in [4.69, 9.17) is 11.2 Å². The van der Waals surface area contributed by atoms with Crippen LogP contribution in [-0.2, 0) is 13.1 Å². The van der Waals surface area contributed by atoms with Crippen LogP contribution in [0.25, 0.3) is 0 Å². The van der Waals surface area contributed by atoms with Crippen molar-refractivity contribution in [2.45, 2.75) is 45.7 Å². The number of carbonyl (C=O) groups is 2. The molecule has 0 aromatic heterocycles. The Morgan fingerprint density at radius 3 is 2.55 bits per heavy atom. The third-order valence-corrected chi connectivity index (χ3v) is 5.69. The van der Waals surface area contributed by atoms with Crippen LogP contribution in [0.15, 0.2) is 30.3 Å². The zero-order valence-corrected chi connectivity index (χ0v) is 19.1. The third-order valence-electron chi connectivity index (χ3n) is 5.69. The normalized spacial score (nSPS) is 12.2. The summed E-state index contributed by atoms with van der Waals surface area (Å²) in [5.41, 5.74) is 1.94. The lowest BCUT2D eigenvalue weighted by atomic mass is 10.1. The summed E-state index contributed by atoms with van der Waals surface area (Å²) in [5.74, 6) is 1.77. The molecule has 0 atom stereocenters. The van der Waals surface area contributed by atoms with Gasteiger partial charge in [-0.15, -0.1) is 12.3 Å². The molecule has 0 spiro atoms. The molecule has 0 saturated carbocycles. The van der Waals surface area contributed by atoms with E-state index in [-0.39, 0.29) is 22.6 Å². The summed E-state index contributed by atoms with van der Waals surface area (Å²) >= 11 is 0. The van der Waals surface area contributed by atoms with Crippen molar-refractivity contribution in [2.24, 2.45) is 0 Å². The van der Waals surface area contributed by atoms with Crippen LogP contribution in [0.2, 0.25) is 0 Å². The van der Waals surface area contributed by atoms with E-state index in [9.17, 15) is 19.8 Å². The number of fused-ring (bicyclic) bond motifs is 1. The van der Waals surface area contributed by atoms with Crippen molar-refractivity contribution in [1.82, 2.24) is 9.80 Å². The highest BCUT2D eigenvalue weighted by atomic mass is 16.5. The van der Waals surface area contributed by atoms with E-state index in [1.165, 1.54) is 11.0 Å². The lowest BCUT2D eigenvalue weighted by Crippen LogP contribution is -2.29. The summed E-state index contributed by atoms with van der Waals surface area (Å²) in [6.45, 7) is 3.82. The van der Waals surface area contributed by atoms with Crippen molar-refractivity contribution in [3.63, 3.8) is 0 Å². The number of phenols is 2. The van der Waals surface area contributed by atoms with E-state index < -0.39 is 11.8 Å². The van der Waals surface area contributed by atoms with Crippen LogP contribution in [0, 0.1) is 12.3 Å². The van der Waals surface area contributed by atoms with Gasteiger partial charge in [0, 0.05) is 39.2 Å². The Morgan fingerprint density at radius 2 is 1.82 bits per heavy atom. The zero-order valence-electron chi connectivity index (χ0n) is 19.1. The Hall–Kier alpha value is -3.66. The van der Waals surface area contributed by atoms with Gasteiger partial charge in [0.05, 0.1) is 17.7 Å². The van der Waals surface area contributed by atoms with Gasteiger partial charge in [-0.2, -0.15) is 0 Å². The summed E-state index contributed by atoms with van der Waals surface area (Å²) in [6, 6.07) is 8.03. The molecule has 1 aliphatic rings. The maximum absolute atomic E-state index is 13.2. The Bertz CT molecular complexity index is 1070. The van der Waals surface area contributed by atoms with E-state index >= 15 is 0 Å². The van der Waals surface area contributed by atoms with Crippen molar-refractivity contribution in [3.8, 4) is 29.6 Å². The number of rotatable bonds is 9. The van der Waals surface area contributed by atoms with E-state index in [1.54, 1.807) is 11.9 Å². The Kier molecular flexibility index (Phi) is 7.83. The fraction of sp³-hybridized carbons (Fsp3) is 0.385. The van der Waals surface area contributed by atoms with Gasteiger partial charge in [-0.3, -0.25) is 9.59 Å². The Balaban J connectivity index is 1.75. The first kappa shape index (κ1) is 24.0. The number of terminal acetylenes is 1. The zero-order chi connectivity index (χ0) is 24.0. The fourth-order valence-electron chi connectivity index (χ4n) is 3.76. The number of aromatic hydroxyl groups is 2. The minimum atomic E-state index is -0.412. The molecule has 0 radical (unpaired) electrons. The summed E-state index contributed by atoms with van der Waals surface area (Å²) in [6.07, 6.45) is 8.44. The second-order valence-corrected chi connectivity index (χ2v) is 8.21. The van der Waals surface area contributed by atoms with Crippen LogP contribution < -0.4 is 4.74 Å². The summed E-state index contributed by atoms with van der Waals surface area (Å²) < 4.78 is 5.73. The molecule has 1 heterocycles. The molecule has 0 fully saturated rings. The molecule has 7 heteroatoms. The molecule has 2 N–H and O–H groups in total. The predicted molar refractivity (Wildman–Crippen MR) is 125 cm³/mol. The first-order valence-electron chi connectivity index (χ1n) is 11.1. The van der Waals surface area contributed by atoms with Crippen LogP contribution >= 0.6 is 0 Å². The molecule has 0 bridgehead atoms. The predicted octanol–water partition coefficient (Wildman–Crippen LogP) is 3.92. The van der Waals surface area contributed by atoms with Crippen LogP contribution in [0.4, 0.5) is 0 Å². The first-order chi connectivity index (χ1) is 15.8. The number of hydrogen-bond donors (Lipinski definition) is 2. The highest BCUT2D eigenvalue weighted by Gasteiger charge is 2.28. The van der Waals surface area contributed by atoms with Crippen LogP contribution in [0.1, 0.15) is 64.4 Å². The molecule has 2 aromatic carbocycles. The Labute approximate surface area is 194 Å². The molecule has 3 rings (SSSR count). The summed E-state index contributed by atoms with van der Waals surface area (Å²) in [5, 5.41) is 20.6. The molecule has 0 saturated heterocycles. The number of unbranched alkanes of at least 4 members (excludes halogenated alkanes) is 2. The van der Waals surface area contributed by atoms with Crippen LogP contribution in [0.3, 0.4) is 0 Å². The molecule has 0 aliphatic carbocycles. The van der Waals surface area contributed by atoms with Gasteiger partial charge in [0.2, 0.25) is 0 Å². The summed E-state index contributed by atoms with van der Waals surface area (Å²) in [7, 11) is 1.65. The lowest BCUT2D eigenvalue weighted by Gasteiger charge is -2.20. The van der Waals surface area contributed by atoms with Gasteiger partial charge in [-0.1, -0.05) is 19.4 Å². The van der Waals surface area contributed by atoms with E-state index in [2.05, 4.69) is 5.92 Å². The number of amides is 2. The maximum Gasteiger partial charge on any atom is 0.258 e. The van der Waals surface area contributed by atoms with Gasteiger partial charge in [0.15, 0.2) is 0 Å². The average Bonchev–Trinajstić information content (AvgIpc) is 3.23. The van der Waals surface area contributed by atoms with Crippen molar-refractivity contribution in [2.75, 3.05) is 20.2 Å². The number of hydrogen-bond acceptors (Lipinski definition) is 5. The lowest BCUT2D eigenvalue weighted by molar-refractivity contribution is 0.0748. The monoisotopic (exact) mass is 450 g/mol. The smallest absolute Gasteiger partial charge is 0.258 e. The van der Waals surface area contributed by atoms with Gasteiger partial charge < -0.3 is 24.7 Å². The third kappa shape index (κ3) is 5.58. The number of nitrogens with zero attached hydrogens (tertiary/aromatic N) is 2. The number of ether oxygens (including phenoxy) is 1. The molecule has 2 amide bonds. The van der Waals surface area contributed by atoms with E-state index in [0.717, 1.165) is 42.2 Å². The minimum absolute atomic E-state index is 0.00544. The molecule has 0 unspecified atom stereocenters. The fourth-order valence-corrected chi connectivity index (χ4v) is 3.76. The largest absolute Gasteiger partial charge is 0.507 e. The molecular formula is C26H30N2O5. The molecule has 174 valence electrons. The molecule has 33 heavy (non-hydrogen) atoms. The van der Waals surface area contributed by atoms with Crippen LogP contribution in [-0.4, -0.2) is 52.0 Å². The number of benzene rings is 2. The second-order valence-electron chi connectivity index (χ2n) is 8.21. The molecular weight excluding hydrogens is 420 g/mol. The van der Waals surface area contributed by atoms with Crippen molar-refractivity contribution in [1.29, 1.82) is 0 Å². The SMILES string of the molecule is C#CCCCOc1ccc2c(c1)CN(C(=O)c1cc(C(=O)N(C)CCCC)c(O)cc1O)C2. The second kappa shape index (κ2) is 10.8. The molecule has 1 aliphatic heterocycles. The van der Waals surface area contributed by atoms with Gasteiger partial charge in [0.25, 0.3) is 11.8 Å². The maximum atomic E-state index is 13.2. The van der Waals surface area contributed by atoms with Gasteiger partial charge >= 0.3 is 0 Å². The summed E-state index contributed by atoms with van der Waals surface area (Å²) in [4.78, 5) is 29.1. The minimum Gasteiger partial charge on any atom is -0.507 e. The number of carbonyl (C=O) groups excluding carboxylic acids is 2. The highest BCUT2D eigenvalue weighted by molar-refractivity contribution is 6.03. The Morgan fingerprint density at radius 1 is 1.09 bits per heavy atom. The average molecular weight is 451 g/mol. The number of phenolic OH excluding ortho intramolecular Hbond substituents is 2. The van der Waals surface area contributed by atoms with Gasteiger partial charge in [-0.25, -0.2) is 0 Å². The van der Waals surface area contributed by atoms with E-state index in [0.29, 0.717) is 32.7 Å². The van der Waals surface area contributed by atoms with Gasteiger partial charge in [0.1, 0.15) is 17.2 Å². The topological polar surface area (TPSA) is 90.3 Å². The molecule has 2 aromatic rings. The first-order valence-corrected chi connectivity index (χ1v) is 11.1. The van der Waals surface area contributed by atoms with Crippen molar-refractivity contribution >= 4 is 11.8 Å². The van der Waals surface area contributed by atoms with Crippen molar-refractivity contribution in [3.05, 3.63) is 52.6 Å². The molecule has 7 nitrogen and oxygen atoms in total. The van der Waals surface area contributed by atoms with E-state index in [1.807, 2.05) is 25.1 Å². The van der Waals surface area contributed by atoms with Crippen molar-refractivity contribution < 1.29 is 24.5 Å². The standard InChI is InChI=1S/C26H30N2O5/c1-4-6-8-12-33-20-10-9-18-16-28(17-19(18)13-20)26(32)22-14-21(23(29)15-24(22)30)25(31)27(3)11-7-5-2/h1,9-10,13-15,29-30H,5-8,11-12,16-17H2,2-3H3. The quantitative estimate of drug-likeness (QED) is 0.446. The highest BCUT2D eigenvalue weighted by Crippen LogP contribution is 2.33.